The molecule has 3 heterocycles. The Kier molecular flexibility index (Phi) is 6.73. The first-order chi connectivity index (χ1) is 14.0. The maximum atomic E-state index is 12.0. The predicted octanol–water partition coefficient (Wildman–Crippen LogP) is 2.30. The van der Waals surface area contributed by atoms with Crippen molar-refractivity contribution in [1.29, 1.82) is 0 Å². The van der Waals surface area contributed by atoms with Crippen LogP contribution in [-0.2, 0) is 35.1 Å². The molecule has 9 nitrogen and oxygen atoms in total. The van der Waals surface area contributed by atoms with Gasteiger partial charge < -0.3 is 29.1 Å². The van der Waals surface area contributed by atoms with Crippen molar-refractivity contribution in [1.82, 2.24) is 10.2 Å². The lowest BCUT2D eigenvalue weighted by atomic mass is 9.76. The zero-order valence-corrected chi connectivity index (χ0v) is 21.1. The molecule has 2 saturated heterocycles. The largest absolute Gasteiger partial charge is 0.371 e. The summed E-state index contributed by atoms with van der Waals surface area (Å²) in [5.74, 6) is -0.229. The second-order valence-electron chi connectivity index (χ2n) is 10.8. The zero-order chi connectivity index (χ0) is 23.4. The molecule has 31 heavy (non-hydrogen) atoms. The molecule has 6 atom stereocenters. The summed E-state index contributed by atoms with van der Waals surface area (Å²) in [6.07, 6.45) is 0.293. The second kappa shape index (κ2) is 8.33. The van der Waals surface area contributed by atoms with Crippen LogP contribution in [0, 0.1) is 5.41 Å². The zero-order valence-electron chi connectivity index (χ0n) is 19.4. The van der Waals surface area contributed by atoms with Gasteiger partial charge >= 0.3 is 6.72 Å². The van der Waals surface area contributed by atoms with Gasteiger partial charge in [0, 0.05) is 18.2 Å². The van der Waals surface area contributed by atoms with E-state index in [-0.39, 0.29) is 11.3 Å². The van der Waals surface area contributed by atoms with Gasteiger partial charge in [-0.25, -0.2) is 0 Å². The number of amides is 1. The number of carbonyl (C=O) groups excluding carboxylic acids is 1. The van der Waals surface area contributed by atoms with Crippen LogP contribution >= 0.6 is 6.72 Å². The predicted molar refractivity (Wildman–Crippen MR) is 120 cm³/mol. The van der Waals surface area contributed by atoms with Gasteiger partial charge in [-0.3, -0.25) is 15.1 Å². The maximum Gasteiger partial charge on any atom is 0.325 e. The molecule has 0 radical (unpaired) electrons. The van der Waals surface area contributed by atoms with Crippen molar-refractivity contribution < 1.29 is 28.2 Å². The number of rotatable bonds is 5. The Bertz CT molecular complexity index is 795. The Hall–Kier alpha value is -0.580. The van der Waals surface area contributed by atoms with Crippen LogP contribution in [0.2, 0.25) is 0 Å². The summed E-state index contributed by atoms with van der Waals surface area (Å²) in [6, 6.07) is 0. The Labute approximate surface area is 189 Å². The number of nitrogens with one attached hydrogen (secondary N) is 1. The topological polar surface area (TPSA) is 116 Å². The molecule has 4 N–H and O–H groups in total. The molecule has 2 fully saturated rings. The fourth-order valence-corrected chi connectivity index (χ4v) is 6.79. The van der Waals surface area contributed by atoms with Crippen molar-refractivity contribution >= 4 is 24.4 Å². The van der Waals surface area contributed by atoms with Gasteiger partial charge in [-0.15, -0.1) is 0 Å². The number of nitrogens with two attached hydrogens (primary N) is 1. The molecule has 0 aliphatic carbocycles. The first-order valence-corrected chi connectivity index (χ1v) is 13.1. The molecule has 0 aromatic heterocycles. The third-order valence-electron chi connectivity index (χ3n) is 5.35. The Balaban J connectivity index is 1.97. The minimum Gasteiger partial charge on any atom is -0.371 e. The Morgan fingerprint density at radius 1 is 1.39 bits per heavy atom. The van der Waals surface area contributed by atoms with Crippen molar-refractivity contribution in [3.63, 3.8) is 0 Å². The van der Waals surface area contributed by atoms with Gasteiger partial charge in [-0.1, -0.05) is 20.8 Å². The molecule has 2 bridgehead atoms. The smallest absolute Gasteiger partial charge is 0.325 e. The third kappa shape index (κ3) is 5.68. The number of hydrogen-bond acceptors (Lipinski definition) is 8. The molecular weight excluding hydrogens is 441 g/mol. The molecule has 3 aliphatic heterocycles. The fraction of sp³-hybridized carbons (Fsp3) is 0.850. The van der Waals surface area contributed by atoms with Crippen LogP contribution in [0.5, 0.6) is 0 Å². The van der Waals surface area contributed by atoms with Crippen LogP contribution < -0.4 is 11.1 Å². The summed E-state index contributed by atoms with van der Waals surface area (Å²) in [4.78, 5) is 24.6. The van der Waals surface area contributed by atoms with Crippen LogP contribution in [0.15, 0.2) is 11.8 Å². The van der Waals surface area contributed by atoms with Crippen LogP contribution in [-0.4, -0.2) is 58.2 Å². The molecule has 0 aromatic carbocycles. The highest BCUT2D eigenvalue weighted by Gasteiger charge is 2.63. The molecule has 0 saturated carbocycles. The highest BCUT2D eigenvalue weighted by Crippen LogP contribution is 2.56. The maximum absolute atomic E-state index is 12.0. The van der Waals surface area contributed by atoms with E-state index in [0.717, 1.165) is 0 Å². The number of nitrogens with zero attached hydrogens (tertiary/aromatic N) is 1. The summed E-state index contributed by atoms with van der Waals surface area (Å²) < 4.78 is 24.6. The lowest BCUT2D eigenvalue weighted by molar-refractivity contribution is -0.145. The number of fused-ring (bicyclic) bond motifs is 2. The molecule has 0 spiro atoms. The van der Waals surface area contributed by atoms with Crippen molar-refractivity contribution in [3.05, 3.63) is 11.8 Å². The van der Waals surface area contributed by atoms with Gasteiger partial charge in [0.25, 0.3) is 5.91 Å². The van der Waals surface area contributed by atoms with Crippen molar-refractivity contribution in [3.8, 4) is 0 Å². The Morgan fingerprint density at radius 3 is 2.61 bits per heavy atom. The average molecular weight is 478 g/mol. The summed E-state index contributed by atoms with van der Waals surface area (Å²) in [7, 11) is 0. The molecule has 0 aromatic rings. The van der Waals surface area contributed by atoms with E-state index in [4.69, 9.17) is 36.1 Å². The van der Waals surface area contributed by atoms with E-state index in [1.807, 2.05) is 20.8 Å². The first kappa shape index (κ1) is 25.1. The average Bonchev–Trinajstić information content (AvgIpc) is 2.70. The molecular formula is C20H36N3O6PS. The summed E-state index contributed by atoms with van der Waals surface area (Å²) in [6.45, 7) is 10.4. The van der Waals surface area contributed by atoms with E-state index in [1.165, 1.54) is 0 Å². The summed E-state index contributed by atoms with van der Waals surface area (Å²) in [5, 5.41) is 2.72. The van der Waals surface area contributed by atoms with Crippen LogP contribution in [0.25, 0.3) is 0 Å². The molecule has 178 valence electrons. The minimum absolute atomic E-state index is 0.0920. The van der Waals surface area contributed by atoms with Gasteiger partial charge in [0.15, 0.2) is 12.5 Å². The van der Waals surface area contributed by atoms with Crippen LogP contribution in [0.1, 0.15) is 61.3 Å². The van der Waals surface area contributed by atoms with Gasteiger partial charge in [0.2, 0.25) is 0 Å². The van der Waals surface area contributed by atoms with Gasteiger partial charge in [-0.2, -0.15) is 0 Å². The molecule has 3 aliphatic rings. The van der Waals surface area contributed by atoms with Gasteiger partial charge in [0.05, 0.1) is 12.2 Å². The lowest BCUT2D eigenvalue weighted by Gasteiger charge is -2.43. The van der Waals surface area contributed by atoms with E-state index < -0.39 is 42.6 Å². The highest BCUT2D eigenvalue weighted by atomic mass is 32.5. The SMILES string of the molecule is CC1=CN([C@@H]2O[C@]3(CC(C)(C)C)CCO[C@H]2C3OP(O)(=S)OC(C)(C)C)C(N)NC1=O. The van der Waals surface area contributed by atoms with E-state index >= 15 is 0 Å². The van der Waals surface area contributed by atoms with E-state index in [9.17, 15) is 9.69 Å². The fourth-order valence-electron chi connectivity index (χ4n) is 4.51. The van der Waals surface area contributed by atoms with E-state index in [0.29, 0.717) is 25.0 Å². The summed E-state index contributed by atoms with van der Waals surface area (Å²) in [5.41, 5.74) is 5.21. The van der Waals surface area contributed by atoms with Crippen molar-refractivity contribution in [2.45, 2.75) is 97.2 Å². The number of ether oxygens (including phenoxy) is 2. The number of hydrogen-bond donors (Lipinski definition) is 3. The van der Waals surface area contributed by atoms with Crippen molar-refractivity contribution in [2.75, 3.05) is 6.61 Å². The van der Waals surface area contributed by atoms with Gasteiger partial charge in [0.1, 0.15) is 17.8 Å². The lowest BCUT2D eigenvalue weighted by Crippen LogP contribution is -2.61. The van der Waals surface area contributed by atoms with E-state index in [1.54, 1.807) is 18.0 Å². The molecule has 3 unspecified atom stereocenters. The minimum atomic E-state index is -3.59. The van der Waals surface area contributed by atoms with Crippen molar-refractivity contribution in [2.24, 2.45) is 11.1 Å². The quantitative estimate of drug-likeness (QED) is 0.513. The van der Waals surface area contributed by atoms with Crippen LogP contribution in [0.4, 0.5) is 0 Å². The van der Waals surface area contributed by atoms with E-state index in [2.05, 4.69) is 26.1 Å². The third-order valence-corrected chi connectivity index (χ3v) is 7.10. The van der Waals surface area contributed by atoms with Crippen LogP contribution in [0.3, 0.4) is 0 Å². The standard InChI is InChI=1S/C20H36N3O6PS/c1-12-10-23(17(21)22-15(12)24)16-13-14(28-30(25,31)29-19(5,6)7)20(27-16,8-9-26-13)11-18(2,3)4/h10,13-14,16-17H,8-9,11,21H2,1-7H3,(H,22,24)(H,25,31)/t13-,14?,16+,17?,20-,30?/m0/s1. The normalized spacial score (nSPS) is 36.1. The summed E-state index contributed by atoms with van der Waals surface area (Å²) >= 11 is 5.35. The highest BCUT2D eigenvalue weighted by molar-refractivity contribution is 8.07. The molecule has 11 heteroatoms. The first-order valence-electron chi connectivity index (χ1n) is 10.6. The second-order valence-corrected chi connectivity index (χ2v) is 13.5. The Morgan fingerprint density at radius 2 is 2.03 bits per heavy atom. The molecule has 1 amide bonds. The van der Waals surface area contributed by atoms with Gasteiger partial charge in [-0.05, 0) is 51.3 Å². The molecule has 3 rings (SSSR count). The number of carbonyl (C=O) groups is 1. The monoisotopic (exact) mass is 477 g/mol.